The van der Waals surface area contributed by atoms with Gasteiger partial charge < -0.3 is 19.7 Å². The fourth-order valence-corrected chi connectivity index (χ4v) is 4.11. The molecule has 0 spiro atoms. The SMILES string of the molecule is COc1ccc(CCC(=O)NC[C@H]2CCCN(c3nccs3)C2)c(OC)c1. The molecular weight excluding hydrogens is 362 g/mol. The van der Waals surface area contributed by atoms with Crippen LogP contribution in [0.4, 0.5) is 5.13 Å². The van der Waals surface area contributed by atoms with Crippen LogP contribution >= 0.6 is 11.3 Å². The predicted octanol–water partition coefficient (Wildman–Crippen LogP) is 3.13. The fourth-order valence-electron chi connectivity index (χ4n) is 3.43. The van der Waals surface area contributed by atoms with Gasteiger partial charge in [0.1, 0.15) is 11.5 Å². The van der Waals surface area contributed by atoms with Gasteiger partial charge in [-0.2, -0.15) is 0 Å². The number of aryl methyl sites for hydroxylation is 1. The largest absolute Gasteiger partial charge is 0.497 e. The second-order valence-electron chi connectivity index (χ2n) is 6.75. The van der Waals surface area contributed by atoms with Gasteiger partial charge in [-0.3, -0.25) is 4.79 Å². The summed E-state index contributed by atoms with van der Waals surface area (Å²) >= 11 is 1.67. The molecule has 1 N–H and O–H groups in total. The van der Waals surface area contributed by atoms with Crippen LogP contribution in [0.15, 0.2) is 29.8 Å². The van der Waals surface area contributed by atoms with Gasteiger partial charge >= 0.3 is 0 Å². The highest BCUT2D eigenvalue weighted by Crippen LogP contribution is 2.26. The standard InChI is InChI=1S/C20H27N3O3S/c1-25-17-7-5-16(18(12-17)26-2)6-8-19(24)22-13-15-4-3-10-23(14-15)20-21-9-11-27-20/h5,7,9,11-12,15H,3-4,6,8,10,13-14H2,1-2H3,(H,22,24)/t15-/m1/s1. The maximum atomic E-state index is 12.3. The van der Waals surface area contributed by atoms with E-state index < -0.39 is 0 Å². The van der Waals surface area contributed by atoms with Crippen molar-refractivity contribution < 1.29 is 14.3 Å². The molecular formula is C20H27N3O3S. The van der Waals surface area contributed by atoms with E-state index in [0.717, 1.165) is 54.7 Å². The summed E-state index contributed by atoms with van der Waals surface area (Å²) in [5, 5.41) is 6.19. The number of methoxy groups -OCH3 is 2. The Labute approximate surface area is 164 Å². The molecule has 2 aromatic rings. The van der Waals surface area contributed by atoms with Gasteiger partial charge in [-0.05, 0) is 36.8 Å². The second kappa shape index (κ2) is 9.60. The van der Waals surface area contributed by atoms with Crippen LogP contribution in [0, 0.1) is 5.92 Å². The number of thiazole rings is 1. The molecule has 0 saturated carbocycles. The number of hydrogen-bond donors (Lipinski definition) is 1. The van der Waals surface area contributed by atoms with E-state index in [0.29, 0.717) is 18.8 Å². The van der Waals surface area contributed by atoms with E-state index in [4.69, 9.17) is 9.47 Å². The lowest BCUT2D eigenvalue weighted by Gasteiger charge is -2.32. The minimum atomic E-state index is 0.0826. The zero-order chi connectivity index (χ0) is 19.1. The summed E-state index contributed by atoms with van der Waals surface area (Å²) in [5.41, 5.74) is 1.01. The minimum Gasteiger partial charge on any atom is -0.497 e. The molecule has 1 aliphatic heterocycles. The molecule has 0 aliphatic carbocycles. The zero-order valence-corrected chi connectivity index (χ0v) is 16.8. The van der Waals surface area contributed by atoms with Crippen LogP contribution < -0.4 is 19.7 Å². The average molecular weight is 390 g/mol. The van der Waals surface area contributed by atoms with Crippen molar-refractivity contribution in [1.82, 2.24) is 10.3 Å². The predicted molar refractivity (Wildman–Crippen MR) is 108 cm³/mol. The third-order valence-electron chi connectivity index (χ3n) is 4.91. The number of benzene rings is 1. The lowest BCUT2D eigenvalue weighted by atomic mass is 9.98. The van der Waals surface area contributed by atoms with E-state index >= 15 is 0 Å². The Kier molecular flexibility index (Phi) is 6.92. The summed E-state index contributed by atoms with van der Waals surface area (Å²) in [4.78, 5) is 19.0. The molecule has 1 amide bonds. The number of carbonyl (C=O) groups is 1. The minimum absolute atomic E-state index is 0.0826. The number of amides is 1. The van der Waals surface area contributed by atoms with Crippen molar-refractivity contribution in [2.24, 2.45) is 5.92 Å². The molecule has 1 saturated heterocycles. The van der Waals surface area contributed by atoms with Crippen molar-refractivity contribution >= 4 is 22.4 Å². The molecule has 7 heteroatoms. The van der Waals surface area contributed by atoms with Crippen LogP contribution in [0.3, 0.4) is 0 Å². The molecule has 1 atom stereocenters. The van der Waals surface area contributed by atoms with Crippen LogP contribution in [0.5, 0.6) is 11.5 Å². The van der Waals surface area contributed by atoms with E-state index in [1.165, 1.54) is 0 Å². The first-order valence-electron chi connectivity index (χ1n) is 9.31. The molecule has 0 radical (unpaired) electrons. The molecule has 2 heterocycles. The molecule has 3 rings (SSSR count). The number of nitrogens with zero attached hydrogens (tertiary/aromatic N) is 2. The lowest BCUT2D eigenvalue weighted by molar-refractivity contribution is -0.121. The van der Waals surface area contributed by atoms with E-state index in [-0.39, 0.29) is 5.91 Å². The molecule has 1 aromatic carbocycles. The number of aromatic nitrogens is 1. The number of rotatable bonds is 8. The van der Waals surface area contributed by atoms with Gasteiger partial charge in [-0.1, -0.05) is 6.07 Å². The first-order chi connectivity index (χ1) is 13.2. The molecule has 1 fully saturated rings. The Morgan fingerprint density at radius 3 is 3.00 bits per heavy atom. The van der Waals surface area contributed by atoms with Crippen molar-refractivity contribution in [1.29, 1.82) is 0 Å². The van der Waals surface area contributed by atoms with E-state index in [2.05, 4.69) is 15.2 Å². The van der Waals surface area contributed by atoms with Gasteiger partial charge in [0, 0.05) is 43.7 Å². The average Bonchev–Trinajstić information content (AvgIpc) is 3.25. The first-order valence-corrected chi connectivity index (χ1v) is 10.2. The van der Waals surface area contributed by atoms with Crippen molar-refractivity contribution in [2.45, 2.75) is 25.7 Å². The summed E-state index contributed by atoms with van der Waals surface area (Å²) in [5.74, 6) is 2.07. The third-order valence-corrected chi connectivity index (χ3v) is 5.74. The zero-order valence-electron chi connectivity index (χ0n) is 15.9. The summed E-state index contributed by atoms with van der Waals surface area (Å²) in [6.07, 6.45) is 5.23. The molecule has 0 bridgehead atoms. The number of hydrogen-bond acceptors (Lipinski definition) is 6. The van der Waals surface area contributed by atoms with Crippen molar-refractivity contribution in [2.75, 3.05) is 38.8 Å². The summed E-state index contributed by atoms with van der Waals surface area (Å²) in [6, 6.07) is 5.70. The van der Waals surface area contributed by atoms with Gasteiger partial charge in [0.2, 0.25) is 5.91 Å². The van der Waals surface area contributed by atoms with Gasteiger partial charge in [-0.25, -0.2) is 4.98 Å². The summed E-state index contributed by atoms with van der Waals surface area (Å²) in [7, 11) is 3.26. The maximum Gasteiger partial charge on any atom is 0.220 e. The molecule has 1 aliphatic rings. The molecule has 1 aromatic heterocycles. The van der Waals surface area contributed by atoms with Gasteiger partial charge in [0.15, 0.2) is 5.13 Å². The van der Waals surface area contributed by atoms with E-state index in [1.54, 1.807) is 25.6 Å². The van der Waals surface area contributed by atoms with Crippen LogP contribution in [0.2, 0.25) is 0 Å². The molecule has 6 nitrogen and oxygen atoms in total. The highest BCUT2D eigenvalue weighted by Gasteiger charge is 2.22. The summed E-state index contributed by atoms with van der Waals surface area (Å²) in [6.45, 7) is 2.73. The Balaban J connectivity index is 1.44. The lowest BCUT2D eigenvalue weighted by Crippen LogP contribution is -2.41. The Hall–Kier alpha value is -2.28. The second-order valence-corrected chi connectivity index (χ2v) is 7.62. The smallest absolute Gasteiger partial charge is 0.220 e. The van der Waals surface area contributed by atoms with E-state index in [9.17, 15) is 4.79 Å². The van der Waals surface area contributed by atoms with Crippen molar-refractivity contribution in [3.8, 4) is 11.5 Å². The normalized spacial score (nSPS) is 16.8. The van der Waals surface area contributed by atoms with Crippen LogP contribution in [0.1, 0.15) is 24.8 Å². The quantitative estimate of drug-likeness (QED) is 0.752. The van der Waals surface area contributed by atoms with Crippen LogP contribution in [0.25, 0.3) is 0 Å². The van der Waals surface area contributed by atoms with Crippen LogP contribution in [-0.4, -0.2) is 44.7 Å². The Bertz CT molecular complexity index is 736. The van der Waals surface area contributed by atoms with Crippen molar-refractivity contribution in [3.05, 3.63) is 35.3 Å². The Morgan fingerprint density at radius 2 is 2.26 bits per heavy atom. The van der Waals surface area contributed by atoms with Gasteiger partial charge in [0.05, 0.1) is 14.2 Å². The summed E-state index contributed by atoms with van der Waals surface area (Å²) < 4.78 is 10.6. The molecule has 0 unspecified atom stereocenters. The highest BCUT2D eigenvalue weighted by atomic mass is 32.1. The topological polar surface area (TPSA) is 63.7 Å². The number of ether oxygens (including phenoxy) is 2. The third kappa shape index (κ3) is 5.35. The fraction of sp³-hybridized carbons (Fsp3) is 0.500. The maximum absolute atomic E-state index is 12.3. The number of nitrogens with one attached hydrogen (secondary N) is 1. The number of anilines is 1. The number of carbonyl (C=O) groups excluding carboxylic acids is 1. The monoisotopic (exact) mass is 389 g/mol. The van der Waals surface area contributed by atoms with Crippen molar-refractivity contribution in [3.63, 3.8) is 0 Å². The Morgan fingerprint density at radius 1 is 1.37 bits per heavy atom. The number of piperidine rings is 1. The first kappa shape index (κ1) is 19.5. The van der Waals surface area contributed by atoms with Gasteiger partial charge in [-0.15, -0.1) is 11.3 Å². The van der Waals surface area contributed by atoms with E-state index in [1.807, 2.05) is 29.8 Å². The molecule has 27 heavy (non-hydrogen) atoms. The van der Waals surface area contributed by atoms with Crippen LogP contribution in [-0.2, 0) is 11.2 Å². The van der Waals surface area contributed by atoms with Gasteiger partial charge in [0.25, 0.3) is 0 Å². The molecule has 146 valence electrons. The highest BCUT2D eigenvalue weighted by molar-refractivity contribution is 7.13.